The van der Waals surface area contributed by atoms with Crippen molar-refractivity contribution in [3.8, 4) is 5.75 Å². The standard InChI is InChI=1S/C16H13NO3/c18-12-4-1-3-11(9-12)10-17-8-7-13-14(16(19)20)5-2-6-15(13)17/h1-9,18H,10H2,(H,19,20). The lowest BCUT2D eigenvalue weighted by atomic mass is 10.1. The fourth-order valence-corrected chi connectivity index (χ4v) is 2.40. The van der Waals surface area contributed by atoms with Crippen LogP contribution in [0.5, 0.6) is 5.75 Å². The van der Waals surface area contributed by atoms with Gasteiger partial charge in [0.15, 0.2) is 0 Å². The van der Waals surface area contributed by atoms with Crippen LogP contribution in [0.4, 0.5) is 0 Å². The molecule has 0 amide bonds. The highest BCUT2D eigenvalue weighted by atomic mass is 16.4. The van der Waals surface area contributed by atoms with Crippen molar-refractivity contribution in [3.05, 3.63) is 65.9 Å². The molecule has 100 valence electrons. The van der Waals surface area contributed by atoms with E-state index in [0.29, 0.717) is 12.1 Å². The zero-order chi connectivity index (χ0) is 14.1. The van der Waals surface area contributed by atoms with Crippen molar-refractivity contribution in [2.45, 2.75) is 6.54 Å². The molecular weight excluding hydrogens is 254 g/mol. The van der Waals surface area contributed by atoms with Crippen molar-refractivity contribution >= 4 is 16.9 Å². The maximum absolute atomic E-state index is 11.2. The van der Waals surface area contributed by atoms with Crippen LogP contribution in [0.2, 0.25) is 0 Å². The van der Waals surface area contributed by atoms with Gasteiger partial charge < -0.3 is 14.8 Å². The molecule has 0 spiro atoms. The number of carboxylic acid groups (broad SMARTS) is 1. The summed E-state index contributed by atoms with van der Waals surface area (Å²) in [6.45, 7) is 0.584. The van der Waals surface area contributed by atoms with E-state index in [1.165, 1.54) is 0 Å². The number of aromatic carboxylic acids is 1. The molecule has 1 aromatic heterocycles. The van der Waals surface area contributed by atoms with Crippen LogP contribution in [-0.4, -0.2) is 20.7 Å². The summed E-state index contributed by atoms with van der Waals surface area (Å²) in [5.74, 6) is -0.698. The van der Waals surface area contributed by atoms with Gasteiger partial charge in [0.1, 0.15) is 5.75 Å². The Morgan fingerprint density at radius 1 is 1.10 bits per heavy atom. The average molecular weight is 267 g/mol. The largest absolute Gasteiger partial charge is 0.508 e. The maximum atomic E-state index is 11.2. The Morgan fingerprint density at radius 2 is 1.90 bits per heavy atom. The van der Waals surface area contributed by atoms with Gasteiger partial charge in [-0.3, -0.25) is 0 Å². The van der Waals surface area contributed by atoms with E-state index in [2.05, 4.69) is 0 Å². The van der Waals surface area contributed by atoms with Crippen molar-refractivity contribution in [2.75, 3.05) is 0 Å². The van der Waals surface area contributed by atoms with E-state index in [1.807, 2.05) is 29.0 Å². The molecule has 3 aromatic rings. The van der Waals surface area contributed by atoms with Gasteiger partial charge >= 0.3 is 5.97 Å². The number of nitrogens with zero attached hydrogens (tertiary/aromatic N) is 1. The van der Waals surface area contributed by atoms with Crippen molar-refractivity contribution in [1.29, 1.82) is 0 Å². The van der Waals surface area contributed by atoms with Crippen LogP contribution in [0.15, 0.2) is 54.7 Å². The molecule has 0 saturated heterocycles. The number of benzene rings is 2. The number of phenolic OH excluding ortho intramolecular Hbond substituents is 1. The first kappa shape index (κ1) is 12.3. The van der Waals surface area contributed by atoms with E-state index in [-0.39, 0.29) is 5.75 Å². The van der Waals surface area contributed by atoms with Crippen molar-refractivity contribution in [2.24, 2.45) is 0 Å². The molecular formula is C16H13NO3. The zero-order valence-electron chi connectivity index (χ0n) is 10.7. The third-order valence-electron chi connectivity index (χ3n) is 3.31. The van der Waals surface area contributed by atoms with Crippen molar-refractivity contribution in [1.82, 2.24) is 4.57 Å². The first-order valence-electron chi connectivity index (χ1n) is 6.24. The molecule has 2 aromatic carbocycles. The highest BCUT2D eigenvalue weighted by Gasteiger charge is 2.10. The van der Waals surface area contributed by atoms with Crippen LogP contribution < -0.4 is 0 Å². The minimum absolute atomic E-state index is 0.227. The topological polar surface area (TPSA) is 62.5 Å². The monoisotopic (exact) mass is 267 g/mol. The lowest BCUT2D eigenvalue weighted by Gasteiger charge is -2.06. The number of aromatic hydroxyl groups is 1. The summed E-state index contributed by atoms with van der Waals surface area (Å²) in [5.41, 5.74) is 2.13. The number of carbonyl (C=O) groups is 1. The summed E-state index contributed by atoms with van der Waals surface area (Å²) in [4.78, 5) is 11.2. The molecule has 0 aliphatic heterocycles. The third kappa shape index (κ3) is 2.12. The molecule has 20 heavy (non-hydrogen) atoms. The highest BCUT2D eigenvalue weighted by molar-refractivity contribution is 6.02. The van der Waals surface area contributed by atoms with E-state index in [9.17, 15) is 15.0 Å². The lowest BCUT2D eigenvalue weighted by Crippen LogP contribution is -1.99. The summed E-state index contributed by atoms with van der Waals surface area (Å²) in [6.07, 6.45) is 1.86. The highest BCUT2D eigenvalue weighted by Crippen LogP contribution is 2.22. The molecule has 0 fully saturated rings. The molecule has 4 nitrogen and oxygen atoms in total. The van der Waals surface area contributed by atoms with E-state index >= 15 is 0 Å². The predicted octanol–water partition coefficient (Wildman–Crippen LogP) is 3.09. The van der Waals surface area contributed by atoms with Crippen LogP contribution in [0, 0.1) is 0 Å². The number of phenols is 1. The van der Waals surface area contributed by atoms with E-state index in [0.717, 1.165) is 16.5 Å². The number of fused-ring (bicyclic) bond motifs is 1. The summed E-state index contributed by atoms with van der Waals surface area (Å²) in [6, 6.07) is 14.1. The molecule has 3 rings (SSSR count). The molecule has 0 unspecified atom stereocenters. The minimum Gasteiger partial charge on any atom is -0.508 e. The van der Waals surface area contributed by atoms with Crippen LogP contribution in [0.3, 0.4) is 0 Å². The van der Waals surface area contributed by atoms with Crippen LogP contribution in [0.25, 0.3) is 10.9 Å². The predicted molar refractivity (Wildman–Crippen MR) is 76.1 cm³/mol. The molecule has 0 bridgehead atoms. The first-order chi connectivity index (χ1) is 9.65. The second-order valence-corrected chi connectivity index (χ2v) is 4.66. The SMILES string of the molecule is O=C(O)c1cccc2c1ccn2Cc1cccc(O)c1. The van der Waals surface area contributed by atoms with E-state index < -0.39 is 5.97 Å². The smallest absolute Gasteiger partial charge is 0.336 e. The Bertz CT molecular complexity index is 789. The summed E-state index contributed by atoms with van der Waals surface area (Å²) >= 11 is 0. The number of carboxylic acids is 1. The summed E-state index contributed by atoms with van der Waals surface area (Å²) in [5, 5.41) is 19.4. The second kappa shape index (κ2) is 4.74. The fourth-order valence-electron chi connectivity index (χ4n) is 2.40. The van der Waals surface area contributed by atoms with Crippen LogP contribution >= 0.6 is 0 Å². The molecule has 0 aliphatic rings. The summed E-state index contributed by atoms with van der Waals surface area (Å²) in [7, 11) is 0. The van der Waals surface area contributed by atoms with Gasteiger partial charge in [-0.15, -0.1) is 0 Å². The quantitative estimate of drug-likeness (QED) is 0.766. The van der Waals surface area contributed by atoms with Gasteiger partial charge in [0.25, 0.3) is 0 Å². The average Bonchev–Trinajstić information content (AvgIpc) is 2.82. The number of aromatic nitrogens is 1. The van der Waals surface area contributed by atoms with E-state index in [4.69, 9.17) is 0 Å². The van der Waals surface area contributed by atoms with Gasteiger partial charge in [-0.2, -0.15) is 0 Å². The Balaban J connectivity index is 2.05. The Labute approximate surface area is 115 Å². The van der Waals surface area contributed by atoms with Gasteiger partial charge in [-0.1, -0.05) is 18.2 Å². The molecule has 1 heterocycles. The molecule has 0 aliphatic carbocycles. The second-order valence-electron chi connectivity index (χ2n) is 4.66. The molecule has 2 N–H and O–H groups in total. The van der Waals surface area contributed by atoms with Gasteiger partial charge in [0.05, 0.1) is 5.56 Å². The fraction of sp³-hybridized carbons (Fsp3) is 0.0625. The number of hydrogen-bond donors (Lipinski definition) is 2. The van der Waals surface area contributed by atoms with Crippen LogP contribution in [0.1, 0.15) is 15.9 Å². The Morgan fingerprint density at radius 3 is 2.65 bits per heavy atom. The molecule has 0 atom stereocenters. The Hall–Kier alpha value is -2.75. The third-order valence-corrected chi connectivity index (χ3v) is 3.31. The van der Waals surface area contributed by atoms with Crippen molar-refractivity contribution < 1.29 is 15.0 Å². The van der Waals surface area contributed by atoms with Crippen LogP contribution in [-0.2, 0) is 6.54 Å². The Kier molecular flexibility index (Phi) is 2.91. The van der Waals surface area contributed by atoms with Gasteiger partial charge in [0.2, 0.25) is 0 Å². The maximum Gasteiger partial charge on any atom is 0.336 e. The van der Waals surface area contributed by atoms with Gasteiger partial charge in [-0.25, -0.2) is 4.79 Å². The summed E-state index contributed by atoms with van der Waals surface area (Å²) < 4.78 is 1.97. The van der Waals surface area contributed by atoms with Gasteiger partial charge in [0, 0.05) is 23.6 Å². The van der Waals surface area contributed by atoms with Gasteiger partial charge in [-0.05, 0) is 35.9 Å². The molecule has 0 radical (unpaired) electrons. The molecule has 0 saturated carbocycles. The minimum atomic E-state index is -0.925. The first-order valence-corrected chi connectivity index (χ1v) is 6.24. The van der Waals surface area contributed by atoms with Crippen molar-refractivity contribution in [3.63, 3.8) is 0 Å². The lowest BCUT2D eigenvalue weighted by molar-refractivity contribution is 0.0699. The molecule has 4 heteroatoms. The van der Waals surface area contributed by atoms with E-state index in [1.54, 1.807) is 30.3 Å². The normalized spacial score (nSPS) is 10.8. The number of rotatable bonds is 3. The zero-order valence-corrected chi connectivity index (χ0v) is 10.7. The number of hydrogen-bond acceptors (Lipinski definition) is 2.